The van der Waals surface area contributed by atoms with Crippen molar-refractivity contribution in [2.75, 3.05) is 39.3 Å². The Hall–Kier alpha value is -0.120. The Morgan fingerprint density at radius 2 is 1.74 bits per heavy atom. The molecule has 0 aromatic carbocycles. The van der Waals surface area contributed by atoms with Gasteiger partial charge >= 0.3 is 0 Å². The fraction of sp³-hybridized carbons (Fsp3) is 1.00. The molecule has 0 aromatic rings. The van der Waals surface area contributed by atoms with Gasteiger partial charge in [-0.2, -0.15) is 0 Å². The molecule has 3 heteroatoms. The molecule has 1 atom stereocenters. The van der Waals surface area contributed by atoms with Gasteiger partial charge in [0.15, 0.2) is 0 Å². The molecular weight excluding hydrogens is 234 g/mol. The first-order valence-electron chi connectivity index (χ1n) is 8.54. The van der Waals surface area contributed by atoms with Crippen LogP contribution < -0.4 is 5.32 Å². The Labute approximate surface area is 119 Å². The van der Waals surface area contributed by atoms with E-state index < -0.39 is 0 Å². The zero-order valence-corrected chi connectivity index (χ0v) is 13.0. The van der Waals surface area contributed by atoms with Gasteiger partial charge in [-0.3, -0.25) is 9.80 Å². The minimum absolute atomic E-state index is 0.760. The molecule has 1 aliphatic heterocycles. The van der Waals surface area contributed by atoms with Crippen LogP contribution in [0.2, 0.25) is 0 Å². The molecule has 1 saturated heterocycles. The van der Waals surface area contributed by atoms with E-state index in [0.717, 1.165) is 18.6 Å². The van der Waals surface area contributed by atoms with Crippen LogP contribution in [0.15, 0.2) is 0 Å². The van der Waals surface area contributed by atoms with Gasteiger partial charge in [-0.25, -0.2) is 0 Å². The van der Waals surface area contributed by atoms with Crippen LogP contribution in [0.5, 0.6) is 0 Å². The summed E-state index contributed by atoms with van der Waals surface area (Å²) in [5.41, 5.74) is 0. The van der Waals surface area contributed by atoms with E-state index in [1.807, 2.05) is 0 Å². The van der Waals surface area contributed by atoms with Crippen LogP contribution in [-0.4, -0.2) is 61.2 Å². The zero-order valence-electron chi connectivity index (χ0n) is 13.0. The minimum Gasteiger partial charge on any atom is -0.315 e. The van der Waals surface area contributed by atoms with E-state index in [1.165, 1.54) is 71.2 Å². The largest absolute Gasteiger partial charge is 0.315 e. The van der Waals surface area contributed by atoms with Crippen molar-refractivity contribution in [3.05, 3.63) is 0 Å². The quantitative estimate of drug-likeness (QED) is 0.764. The summed E-state index contributed by atoms with van der Waals surface area (Å²) in [4.78, 5) is 5.50. The second kappa shape index (κ2) is 8.23. The van der Waals surface area contributed by atoms with Gasteiger partial charge in [-0.15, -0.1) is 0 Å². The van der Waals surface area contributed by atoms with Crippen molar-refractivity contribution in [2.45, 2.75) is 64.5 Å². The van der Waals surface area contributed by atoms with Gasteiger partial charge in [0.2, 0.25) is 0 Å². The first-order valence-corrected chi connectivity index (χ1v) is 8.54. The van der Waals surface area contributed by atoms with E-state index in [2.05, 4.69) is 29.0 Å². The second-order valence-corrected chi connectivity index (χ2v) is 6.26. The number of likely N-dealkylation sites (N-methyl/N-ethyl adjacent to an activating group) is 1. The zero-order chi connectivity index (χ0) is 13.5. The van der Waals surface area contributed by atoms with E-state index in [1.54, 1.807) is 0 Å². The summed E-state index contributed by atoms with van der Waals surface area (Å²) in [5, 5.41) is 3.54. The van der Waals surface area contributed by atoms with Crippen LogP contribution in [0.25, 0.3) is 0 Å². The number of nitrogens with zero attached hydrogens (tertiary/aromatic N) is 2. The lowest BCUT2D eigenvalue weighted by molar-refractivity contribution is 0.0671. The molecule has 0 bridgehead atoms. The normalized spacial score (nSPS) is 24.9. The highest BCUT2D eigenvalue weighted by Gasteiger charge is 2.28. The van der Waals surface area contributed by atoms with E-state index in [-0.39, 0.29) is 0 Å². The van der Waals surface area contributed by atoms with Gasteiger partial charge in [0.1, 0.15) is 0 Å². The standard InChI is InChI=1S/C16H33N3/c1-3-7-16(14-17-4-2)19-12-10-18(11-13-19)15-8-5-6-9-15/h15-17H,3-14H2,1-2H3. The molecule has 0 radical (unpaired) electrons. The van der Waals surface area contributed by atoms with Crippen LogP contribution in [-0.2, 0) is 0 Å². The number of hydrogen-bond acceptors (Lipinski definition) is 3. The van der Waals surface area contributed by atoms with Crippen LogP contribution in [0.3, 0.4) is 0 Å². The highest BCUT2D eigenvalue weighted by atomic mass is 15.3. The minimum atomic E-state index is 0.760. The molecule has 0 amide bonds. The summed E-state index contributed by atoms with van der Waals surface area (Å²) >= 11 is 0. The van der Waals surface area contributed by atoms with E-state index >= 15 is 0 Å². The number of nitrogens with one attached hydrogen (secondary N) is 1. The van der Waals surface area contributed by atoms with E-state index in [9.17, 15) is 0 Å². The van der Waals surface area contributed by atoms with Crippen molar-refractivity contribution in [2.24, 2.45) is 0 Å². The van der Waals surface area contributed by atoms with Gasteiger partial charge in [-0.05, 0) is 25.8 Å². The van der Waals surface area contributed by atoms with Crippen LogP contribution >= 0.6 is 0 Å². The van der Waals surface area contributed by atoms with Gasteiger partial charge in [0.25, 0.3) is 0 Å². The second-order valence-electron chi connectivity index (χ2n) is 6.26. The first-order chi connectivity index (χ1) is 9.35. The molecule has 3 nitrogen and oxygen atoms in total. The van der Waals surface area contributed by atoms with Crippen molar-refractivity contribution in [1.82, 2.24) is 15.1 Å². The topological polar surface area (TPSA) is 18.5 Å². The summed E-state index contributed by atoms with van der Waals surface area (Å²) in [6, 6.07) is 1.68. The van der Waals surface area contributed by atoms with Gasteiger partial charge < -0.3 is 5.32 Å². The average molecular weight is 267 g/mol. The number of rotatable bonds is 7. The lowest BCUT2D eigenvalue weighted by Gasteiger charge is -2.41. The molecule has 19 heavy (non-hydrogen) atoms. The maximum atomic E-state index is 3.54. The van der Waals surface area contributed by atoms with E-state index in [0.29, 0.717) is 0 Å². The number of hydrogen-bond donors (Lipinski definition) is 1. The molecule has 2 rings (SSSR count). The van der Waals surface area contributed by atoms with Crippen molar-refractivity contribution in [3.8, 4) is 0 Å². The lowest BCUT2D eigenvalue weighted by atomic mass is 10.1. The van der Waals surface area contributed by atoms with Gasteiger partial charge in [0.05, 0.1) is 0 Å². The van der Waals surface area contributed by atoms with Crippen molar-refractivity contribution >= 4 is 0 Å². The molecule has 2 aliphatic rings. The molecule has 1 saturated carbocycles. The fourth-order valence-electron chi connectivity index (χ4n) is 3.80. The summed E-state index contributed by atoms with van der Waals surface area (Å²) in [5.74, 6) is 0. The Kier molecular flexibility index (Phi) is 6.62. The Morgan fingerprint density at radius 1 is 1.05 bits per heavy atom. The SMILES string of the molecule is CCCC(CNCC)N1CCN(C2CCCC2)CC1. The molecular formula is C16H33N3. The van der Waals surface area contributed by atoms with Crippen molar-refractivity contribution < 1.29 is 0 Å². The predicted molar refractivity (Wildman–Crippen MR) is 82.6 cm³/mol. The lowest BCUT2D eigenvalue weighted by Crippen LogP contribution is -2.54. The molecule has 2 fully saturated rings. The monoisotopic (exact) mass is 267 g/mol. The van der Waals surface area contributed by atoms with Crippen molar-refractivity contribution in [1.29, 1.82) is 0 Å². The maximum absolute atomic E-state index is 3.54. The third kappa shape index (κ3) is 4.44. The van der Waals surface area contributed by atoms with Gasteiger partial charge in [-0.1, -0.05) is 33.1 Å². The van der Waals surface area contributed by atoms with Crippen molar-refractivity contribution in [3.63, 3.8) is 0 Å². The Morgan fingerprint density at radius 3 is 2.32 bits per heavy atom. The highest BCUT2D eigenvalue weighted by Crippen LogP contribution is 2.24. The molecule has 0 aromatic heterocycles. The fourth-order valence-corrected chi connectivity index (χ4v) is 3.80. The molecule has 1 aliphatic carbocycles. The third-order valence-corrected chi connectivity index (χ3v) is 4.96. The van der Waals surface area contributed by atoms with Crippen LogP contribution in [0, 0.1) is 0 Å². The maximum Gasteiger partial charge on any atom is 0.0221 e. The number of piperazine rings is 1. The highest BCUT2D eigenvalue weighted by molar-refractivity contribution is 4.85. The summed E-state index contributed by atoms with van der Waals surface area (Å²) in [6.07, 6.45) is 8.48. The Balaban J connectivity index is 1.76. The summed E-state index contributed by atoms with van der Waals surface area (Å²) < 4.78 is 0. The molecule has 0 spiro atoms. The molecule has 1 unspecified atom stereocenters. The van der Waals surface area contributed by atoms with Gasteiger partial charge in [0, 0.05) is 44.8 Å². The van der Waals surface area contributed by atoms with Crippen LogP contribution in [0.4, 0.5) is 0 Å². The molecule has 1 N–H and O–H groups in total. The van der Waals surface area contributed by atoms with E-state index in [4.69, 9.17) is 0 Å². The average Bonchev–Trinajstić information content (AvgIpc) is 2.98. The predicted octanol–water partition coefficient (Wildman–Crippen LogP) is 2.32. The summed E-state index contributed by atoms with van der Waals surface area (Å²) in [6.45, 7) is 12.0. The molecule has 1 heterocycles. The van der Waals surface area contributed by atoms with Crippen LogP contribution in [0.1, 0.15) is 52.4 Å². The Bertz CT molecular complexity index is 230. The smallest absolute Gasteiger partial charge is 0.0221 e. The first kappa shape index (κ1) is 15.3. The molecule has 112 valence electrons. The summed E-state index contributed by atoms with van der Waals surface area (Å²) in [7, 11) is 0. The third-order valence-electron chi connectivity index (χ3n) is 4.96.